The number of hydrogen-bond donors (Lipinski definition) is 3. The number of carbonyl (C=O) groups excluding carboxylic acids is 12. The summed E-state index contributed by atoms with van der Waals surface area (Å²) in [5, 5.41) is 7.87. The maximum Gasteiger partial charge on any atom is 0.417 e. The van der Waals surface area contributed by atoms with Crippen LogP contribution >= 0.6 is 11.6 Å². The number of fused-ring (bicyclic) bond motifs is 1. The van der Waals surface area contributed by atoms with Crippen molar-refractivity contribution in [2.45, 2.75) is 212 Å². The number of piperidine rings is 1. The van der Waals surface area contributed by atoms with E-state index in [0.717, 1.165) is 70.3 Å². The number of carbonyl (C=O) groups is 12. The minimum absolute atomic E-state index is 0.00518. The molecule has 1 unspecified atom stereocenters. The van der Waals surface area contributed by atoms with E-state index in [1.807, 2.05) is 20.8 Å². The van der Waals surface area contributed by atoms with E-state index in [0.29, 0.717) is 32.4 Å². The summed E-state index contributed by atoms with van der Waals surface area (Å²) in [4.78, 5) is 188. The Morgan fingerprint density at radius 2 is 1.29 bits per heavy atom. The van der Waals surface area contributed by atoms with E-state index in [4.69, 9.17) is 11.6 Å². The molecule has 548 valence electrons. The maximum absolute atomic E-state index is 15.3. The van der Waals surface area contributed by atoms with E-state index >= 15 is 14.4 Å². The molecule has 24 nitrogen and oxygen atoms in total. The van der Waals surface area contributed by atoms with Crippen molar-refractivity contribution in [3.05, 3.63) is 47.0 Å². The van der Waals surface area contributed by atoms with Gasteiger partial charge < -0.3 is 60.0 Å². The molecule has 5 rings (SSSR count). The number of rotatable bonds is 13. The van der Waals surface area contributed by atoms with Gasteiger partial charge in [-0.15, -0.1) is 6.58 Å². The lowest BCUT2D eigenvalue weighted by molar-refractivity contribution is -0.156. The molecule has 0 aromatic heterocycles. The molecule has 1 aromatic carbocycles. The largest absolute Gasteiger partial charge is 0.417 e. The van der Waals surface area contributed by atoms with Gasteiger partial charge in [0.1, 0.15) is 47.8 Å². The molecule has 3 heterocycles. The van der Waals surface area contributed by atoms with Gasteiger partial charge in [0.25, 0.3) is 0 Å². The highest BCUT2D eigenvalue weighted by molar-refractivity contribution is 6.31. The molecule has 1 aromatic rings. The molecule has 0 spiro atoms. The zero-order valence-corrected chi connectivity index (χ0v) is 60.8. The van der Waals surface area contributed by atoms with Crippen molar-refractivity contribution >= 4 is 82.5 Å². The fraction of sp³-hybridized carbons (Fsp3) is 0.714. The predicted octanol–water partition coefficient (Wildman–Crippen LogP) is 5.52. The highest BCUT2D eigenvalue weighted by Gasteiger charge is 2.48. The van der Waals surface area contributed by atoms with Gasteiger partial charge in [0.05, 0.1) is 36.6 Å². The van der Waals surface area contributed by atoms with Crippen molar-refractivity contribution < 1.29 is 70.7 Å². The lowest BCUT2D eigenvalue weighted by atomic mass is 9.84. The average molecular weight is 1400 g/mol. The summed E-state index contributed by atoms with van der Waals surface area (Å²) < 4.78 is 41.5. The lowest BCUT2D eigenvalue weighted by Crippen LogP contribution is -2.64. The monoisotopic (exact) mass is 1400 g/mol. The average Bonchev–Trinajstić information content (AvgIpc) is 0.833. The van der Waals surface area contributed by atoms with Gasteiger partial charge in [0.15, 0.2) is 0 Å². The highest BCUT2D eigenvalue weighted by atomic mass is 35.5. The summed E-state index contributed by atoms with van der Waals surface area (Å²) in [5.41, 5.74) is -2.65. The fourth-order valence-electron chi connectivity index (χ4n) is 13.8. The van der Waals surface area contributed by atoms with Crippen LogP contribution < -0.4 is 16.0 Å². The Hall–Kier alpha value is -7.32. The minimum Gasteiger partial charge on any atom is -0.343 e. The second kappa shape index (κ2) is 36.1. The van der Waals surface area contributed by atoms with Crippen molar-refractivity contribution in [1.29, 1.82) is 0 Å². The summed E-state index contributed by atoms with van der Waals surface area (Å²) in [7, 11) is 9.70. The van der Waals surface area contributed by atoms with Crippen molar-refractivity contribution in [3.8, 4) is 0 Å². The first-order valence-corrected chi connectivity index (χ1v) is 35.0. The van der Waals surface area contributed by atoms with Gasteiger partial charge in [-0.3, -0.25) is 57.5 Å². The molecule has 12 amide bonds. The van der Waals surface area contributed by atoms with Crippen molar-refractivity contribution in [1.82, 2.24) is 60.0 Å². The van der Waals surface area contributed by atoms with Crippen LogP contribution in [0.2, 0.25) is 5.02 Å². The zero-order chi connectivity index (χ0) is 73.4. The third-order valence-corrected chi connectivity index (χ3v) is 20.4. The molecule has 3 aliphatic heterocycles. The van der Waals surface area contributed by atoms with Gasteiger partial charge in [0.2, 0.25) is 70.9 Å². The van der Waals surface area contributed by atoms with E-state index in [1.165, 1.54) is 88.0 Å². The Labute approximate surface area is 581 Å². The molecule has 3 N–H and O–H groups in total. The van der Waals surface area contributed by atoms with Crippen LogP contribution in [0.4, 0.5) is 13.2 Å². The number of alkyl halides is 3. The highest BCUT2D eigenvalue weighted by Crippen LogP contribution is 2.36. The Morgan fingerprint density at radius 3 is 1.87 bits per heavy atom. The van der Waals surface area contributed by atoms with Crippen molar-refractivity contribution in [3.63, 3.8) is 0 Å². The van der Waals surface area contributed by atoms with Crippen LogP contribution in [0.3, 0.4) is 0 Å². The van der Waals surface area contributed by atoms with Gasteiger partial charge >= 0.3 is 6.18 Å². The van der Waals surface area contributed by atoms with E-state index in [-0.39, 0.29) is 68.9 Å². The molecule has 4 fully saturated rings. The smallest absolute Gasteiger partial charge is 0.343 e. The predicted molar refractivity (Wildman–Crippen MR) is 364 cm³/mol. The third kappa shape index (κ3) is 21.1. The van der Waals surface area contributed by atoms with Gasteiger partial charge in [0, 0.05) is 69.0 Å². The zero-order valence-electron chi connectivity index (χ0n) is 60.1. The van der Waals surface area contributed by atoms with Crippen molar-refractivity contribution in [2.75, 3.05) is 88.6 Å². The van der Waals surface area contributed by atoms with Crippen LogP contribution in [0.25, 0.3) is 0 Å². The van der Waals surface area contributed by atoms with Gasteiger partial charge in [-0.2, -0.15) is 13.2 Å². The first-order valence-electron chi connectivity index (χ1n) is 34.7. The Kier molecular flexibility index (Phi) is 30.0. The molecule has 3 saturated heterocycles. The molecule has 9 atom stereocenters. The SMILES string of the molecule is C=CC[C@]1(C)NC(=O)C2CCCN2C(=O)[C@H](CCc2ccc(C(F)(F)F)c(Cl)c2)NC(=O)CN(C)C(=O)[C@H](CC2CCCCC2)N(C)C(=O)CN(C)C(=O)CN(C)C(=O)[C@H]([C@@H](C)CC)NC(=O)[C@H](CC(C)C)N(C)C(=O)C[C@@H](C(=O)N2CCCCC2)N(C)C(=O)[C@H](C(C)C)N(C)C1=O. The number of likely N-dealkylation sites (tertiary alicyclic amines) is 1. The Morgan fingerprint density at radius 1 is 0.684 bits per heavy atom. The first-order chi connectivity index (χ1) is 45.9. The molecule has 98 heavy (non-hydrogen) atoms. The molecular weight excluding hydrogens is 1290 g/mol. The van der Waals surface area contributed by atoms with Crippen LogP contribution in [-0.2, 0) is 70.1 Å². The van der Waals surface area contributed by atoms with Crippen LogP contribution in [0, 0.1) is 23.7 Å². The number of hydrogen-bond acceptors (Lipinski definition) is 12. The number of amides is 12. The van der Waals surface area contributed by atoms with Crippen LogP contribution in [0.15, 0.2) is 30.9 Å². The van der Waals surface area contributed by atoms with Gasteiger partial charge in [-0.25, -0.2) is 0 Å². The summed E-state index contributed by atoms with van der Waals surface area (Å²) in [5.74, 6) is -9.66. The van der Waals surface area contributed by atoms with E-state index < -0.39 is 173 Å². The first kappa shape index (κ1) is 81.4. The second-order valence-corrected chi connectivity index (χ2v) is 29.0. The molecular formula is C70H108ClF3N12O12. The summed E-state index contributed by atoms with van der Waals surface area (Å²) >= 11 is 6.13. The minimum atomic E-state index is -4.77. The van der Waals surface area contributed by atoms with Gasteiger partial charge in [-0.1, -0.05) is 104 Å². The third-order valence-electron chi connectivity index (χ3n) is 20.1. The van der Waals surface area contributed by atoms with Crippen LogP contribution in [-0.4, -0.2) is 251 Å². The standard InChI is InChI=1S/C70H108ClF3N12O12/c1-16-32-69(8)68(98)84(15)60(44(5)6)67(97)83(14)54(65(95)85-33-22-19-23-34-85)39-56(88)81(12)52(36-43(3)4)61(91)76-59(45(7)17-2)66(96)80(11)41-57(89)78(9)42-58(90)82(13)53(38-46-25-20-18-21-26-46)64(94)79(10)40-55(87)75-50(63(93)86-35-24-27-51(86)62(92)77-69)31-29-47-28-30-48(49(71)37-47)70(72,73)74/h16,28,30,37,43-46,50-54,59-60H,1,17-27,29,31-36,38-42H2,2-15H3,(H,75,87)(H,76,91)(H,77,92)/t45-,50-,51?,52-,53-,54-,59-,60-,69-/m0/s1. The Bertz CT molecular complexity index is 3050. The summed E-state index contributed by atoms with van der Waals surface area (Å²) in [6, 6.07) is -5.92. The normalized spacial score (nSPS) is 26.4. The van der Waals surface area contributed by atoms with Crippen LogP contribution in [0.5, 0.6) is 0 Å². The molecule has 0 bridgehead atoms. The number of aryl methyl sites for hydroxylation is 1. The number of nitrogens with one attached hydrogen (secondary N) is 3. The summed E-state index contributed by atoms with van der Waals surface area (Å²) in [6.07, 6.45) is 3.09. The molecule has 28 heteroatoms. The van der Waals surface area contributed by atoms with E-state index in [9.17, 15) is 56.3 Å². The Balaban J connectivity index is 1.62. The van der Waals surface area contributed by atoms with Gasteiger partial charge in [-0.05, 0) is 112 Å². The lowest BCUT2D eigenvalue weighted by Gasteiger charge is -2.41. The molecule has 0 radical (unpaired) electrons. The number of benzene rings is 1. The summed E-state index contributed by atoms with van der Waals surface area (Å²) in [6.45, 7) is 14.9. The maximum atomic E-state index is 15.3. The van der Waals surface area contributed by atoms with E-state index in [2.05, 4.69) is 22.5 Å². The van der Waals surface area contributed by atoms with E-state index in [1.54, 1.807) is 25.7 Å². The second-order valence-electron chi connectivity index (χ2n) is 28.6. The molecule has 1 aliphatic carbocycles. The number of nitrogens with zero attached hydrogens (tertiary/aromatic N) is 9. The van der Waals surface area contributed by atoms with Crippen LogP contribution in [0.1, 0.15) is 162 Å². The number of likely N-dealkylation sites (N-methyl/N-ethyl adjacent to an activating group) is 7. The fourth-order valence-corrected chi connectivity index (χ4v) is 14.1. The number of halogens is 4. The molecule has 1 saturated carbocycles. The van der Waals surface area contributed by atoms with Crippen molar-refractivity contribution in [2.24, 2.45) is 23.7 Å². The quantitative estimate of drug-likeness (QED) is 0.206. The molecule has 4 aliphatic rings. The topological polar surface area (TPSA) is 270 Å².